The Bertz CT molecular complexity index is 622. The van der Waals surface area contributed by atoms with Crippen LogP contribution in [0.15, 0.2) is 53.8 Å². The maximum Gasteiger partial charge on any atom is 0.191 e. The number of rotatable bonds is 6. The SMILES string of the molecule is CCNC(=NCCn1cccn1)NC1CCN(c2ccccc2)C1. The highest BCUT2D eigenvalue weighted by atomic mass is 15.3. The monoisotopic (exact) mass is 326 g/mol. The van der Waals surface area contributed by atoms with Crippen molar-refractivity contribution in [3.63, 3.8) is 0 Å². The van der Waals surface area contributed by atoms with Gasteiger partial charge in [0.2, 0.25) is 0 Å². The molecular weight excluding hydrogens is 300 g/mol. The van der Waals surface area contributed by atoms with Gasteiger partial charge in [-0.1, -0.05) is 18.2 Å². The van der Waals surface area contributed by atoms with E-state index in [1.807, 2.05) is 16.9 Å². The van der Waals surface area contributed by atoms with Gasteiger partial charge in [0.15, 0.2) is 5.96 Å². The van der Waals surface area contributed by atoms with Crippen LogP contribution in [0.4, 0.5) is 5.69 Å². The van der Waals surface area contributed by atoms with Crippen LogP contribution in [0, 0.1) is 0 Å². The van der Waals surface area contributed by atoms with Gasteiger partial charge in [-0.3, -0.25) is 9.67 Å². The summed E-state index contributed by atoms with van der Waals surface area (Å²) in [4.78, 5) is 7.09. The lowest BCUT2D eigenvalue weighted by Gasteiger charge is -2.20. The van der Waals surface area contributed by atoms with E-state index in [2.05, 4.69) is 62.9 Å². The van der Waals surface area contributed by atoms with Crippen LogP contribution in [-0.2, 0) is 6.54 Å². The zero-order chi connectivity index (χ0) is 16.6. The first kappa shape index (κ1) is 16.4. The predicted molar refractivity (Wildman–Crippen MR) is 98.4 cm³/mol. The summed E-state index contributed by atoms with van der Waals surface area (Å²) >= 11 is 0. The van der Waals surface area contributed by atoms with Gasteiger partial charge in [0.05, 0.1) is 13.1 Å². The average Bonchev–Trinajstić information content (AvgIpc) is 3.28. The molecule has 2 heterocycles. The molecular formula is C18H26N6. The molecule has 3 rings (SSSR count). The lowest BCUT2D eigenvalue weighted by Crippen LogP contribution is -2.44. The van der Waals surface area contributed by atoms with Crippen LogP contribution in [0.5, 0.6) is 0 Å². The Kier molecular flexibility index (Phi) is 5.71. The van der Waals surface area contributed by atoms with Gasteiger partial charge in [-0.2, -0.15) is 5.10 Å². The Hall–Kier alpha value is -2.50. The molecule has 1 aromatic heterocycles. The van der Waals surface area contributed by atoms with Crippen molar-refractivity contribution in [1.29, 1.82) is 0 Å². The molecule has 1 aromatic carbocycles. The molecule has 0 spiro atoms. The number of nitrogens with one attached hydrogen (secondary N) is 2. The van der Waals surface area contributed by atoms with Gasteiger partial charge in [0, 0.05) is 43.8 Å². The molecule has 2 N–H and O–H groups in total. The fourth-order valence-corrected chi connectivity index (χ4v) is 2.96. The molecule has 0 bridgehead atoms. The molecule has 6 heteroatoms. The molecule has 0 radical (unpaired) electrons. The van der Waals surface area contributed by atoms with Crippen LogP contribution in [0.25, 0.3) is 0 Å². The van der Waals surface area contributed by atoms with Crippen molar-refractivity contribution < 1.29 is 0 Å². The van der Waals surface area contributed by atoms with Gasteiger partial charge < -0.3 is 15.5 Å². The second kappa shape index (κ2) is 8.38. The first-order valence-electron chi connectivity index (χ1n) is 8.67. The summed E-state index contributed by atoms with van der Waals surface area (Å²) < 4.78 is 1.90. The van der Waals surface area contributed by atoms with E-state index in [0.717, 1.165) is 38.6 Å². The quantitative estimate of drug-likeness (QED) is 0.627. The van der Waals surface area contributed by atoms with Crippen molar-refractivity contribution in [3.8, 4) is 0 Å². The zero-order valence-corrected chi connectivity index (χ0v) is 14.2. The van der Waals surface area contributed by atoms with Crippen LogP contribution in [0.1, 0.15) is 13.3 Å². The first-order valence-corrected chi connectivity index (χ1v) is 8.67. The predicted octanol–water partition coefficient (Wildman–Crippen LogP) is 1.72. The van der Waals surface area contributed by atoms with Crippen molar-refractivity contribution in [2.24, 2.45) is 4.99 Å². The van der Waals surface area contributed by atoms with Crippen LogP contribution in [-0.4, -0.2) is 48.0 Å². The van der Waals surface area contributed by atoms with E-state index >= 15 is 0 Å². The fraction of sp³-hybridized carbons (Fsp3) is 0.444. The summed E-state index contributed by atoms with van der Waals surface area (Å²) in [6.07, 6.45) is 4.88. The van der Waals surface area contributed by atoms with Crippen LogP contribution in [0.2, 0.25) is 0 Å². The lowest BCUT2D eigenvalue weighted by atomic mass is 10.3. The lowest BCUT2D eigenvalue weighted by molar-refractivity contribution is 0.613. The third-order valence-corrected chi connectivity index (χ3v) is 4.15. The number of aliphatic imine (C=N–C) groups is 1. The maximum absolute atomic E-state index is 4.66. The molecule has 128 valence electrons. The molecule has 1 saturated heterocycles. The van der Waals surface area contributed by atoms with Gasteiger partial charge in [-0.15, -0.1) is 0 Å². The molecule has 24 heavy (non-hydrogen) atoms. The van der Waals surface area contributed by atoms with Crippen LogP contribution >= 0.6 is 0 Å². The average molecular weight is 326 g/mol. The van der Waals surface area contributed by atoms with Crippen molar-refractivity contribution in [2.45, 2.75) is 25.9 Å². The van der Waals surface area contributed by atoms with Gasteiger partial charge >= 0.3 is 0 Å². The third kappa shape index (κ3) is 4.50. The summed E-state index contributed by atoms with van der Waals surface area (Å²) in [5, 5.41) is 11.1. The standard InChI is InChI=1S/C18H26N6/c1-2-19-18(20-11-14-24-12-6-10-21-24)22-16-9-13-23(15-16)17-7-4-3-5-8-17/h3-8,10,12,16H,2,9,11,13-15H2,1H3,(H2,19,20,22). The Labute approximate surface area is 143 Å². The number of para-hydroxylation sites is 1. The van der Waals surface area contributed by atoms with Gasteiger partial charge in [-0.05, 0) is 31.5 Å². The van der Waals surface area contributed by atoms with Crippen LogP contribution in [0.3, 0.4) is 0 Å². The minimum atomic E-state index is 0.424. The number of guanidine groups is 1. The van der Waals surface area contributed by atoms with E-state index in [1.54, 1.807) is 6.20 Å². The highest BCUT2D eigenvalue weighted by Gasteiger charge is 2.23. The molecule has 0 saturated carbocycles. The molecule has 1 unspecified atom stereocenters. The molecule has 6 nitrogen and oxygen atoms in total. The molecule has 1 aliphatic heterocycles. The molecule has 2 aromatic rings. The summed E-state index contributed by atoms with van der Waals surface area (Å²) in [5.41, 5.74) is 1.29. The van der Waals surface area contributed by atoms with E-state index in [4.69, 9.17) is 0 Å². The Balaban J connectivity index is 1.52. The van der Waals surface area contributed by atoms with E-state index in [-0.39, 0.29) is 0 Å². The molecule has 0 aliphatic carbocycles. The summed E-state index contributed by atoms with van der Waals surface area (Å²) in [5.74, 6) is 0.893. The Morgan fingerprint density at radius 1 is 1.29 bits per heavy atom. The van der Waals surface area contributed by atoms with Gasteiger partial charge in [0.25, 0.3) is 0 Å². The minimum absolute atomic E-state index is 0.424. The van der Waals surface area contributed by atoms with E-state index in [1.165, 1.54) is 5.69 Å². The number of anilines is 1. The Morgan fingerprint density at radius 3 is 2.92 bits per heavy atom. The molecule has 0 amide bonds. The summed E-state index contributed by atoms with van der Waals surface area (Å²) in [7, 11) is 0. The minimum Gasteiger partial charge on any atom is -0.369 e. The maximum atomic E-state index is 4.66. The summed E-state index contributed by atoms with van der Waals surface area (Å²) in [6, 6.07) is 13.0. The number of aromatic nitrogens is 2. The second-order valence-electron chi connectivity index (χ2n) is 5.94. The van der Waals surface area contributed by atoms with Crippen molar-refractivity contribution >= 4 is 11.6 Å². The molecule has 1 fully saturated rings. The number of nitrogens with zero attached hydrogens (tertiary/aromatic N) is 4. The smallest absolute Gasteiger partial charge is 0.191 e. The number of hydrogen-bond acceptors (Lipinski definition) is 3. The largest absolute Gasteiger partial charge is 0.369 e. The summed E-state index contributed by atoms with van der Waals surface area (Å²) in [6.45, 7) is 6.55. The van der Waals surface area contributed by atoms with Crippen LogP contribution < -0.4 is 15.5 Å². The molecule has 1 atom stereocenters. The van der Waals surface area contributed by atoms with Gasteiger partial charge in [-0.25, -0.2) is 0 Å². The van der Waals surface area contributed by atoms with Crippen molar-refractivity contribution in [2.75, 3.05) is 31.1 Å². The topological polar surface area (TPSA) is 57.5 Å². The van der Waals surface area contributed by atoms with Crippen molar-refractivity contribution in [1.82, 2.24) is 20.4 Å². The normalized spacial score (nSPS) is 18.0. The van der Waals surface area contributed by atoms with E-state index < -0.39 is 0 Å². The first-order chi connectivity index (χ1) is 11.8. The van der Waals surface area contributed by atoms with E-state index in [9.17, 15) is 0 Å². The number of benzene rings is 1. The third-order valence-electron chi connectivity index (χ3n) is 4.15. The second-order valence-corrected chi connectivity index (χ2v) is 5.94. The van der Waals surface area contributed by atoms with Gasteiger partial charge in [0.1, 0.15) is 0 Å². The van der Waals surface area contributed by atoms with Crippen molar-refractivity contribution in [3.05, 3.63) is 48.8 Å². The zero-order valence-electron chi connectivity index (χ0n) is 14.2. The highest BCUT2D eigenvalue weighted by molar-refractivity contribution is 5.80. The molecule has 1 aliphatic rings. The highest BCUT2D eigenvalue weighted by Crippen LogP contribution is 2.19. The fourth-order valence-electron chi connectivity index (χ4n) is 2.96. The number of hydrogen-bond donors (Lipinski definition) is 2. The Morgan fingerprint density at radius 2 is 2.17 bits per heavy atom. The van der Waals surface area contributed by atoms with E-state index in [0.29, 0.717) is 12.6 Å².